The van der Waals surface area contributed by atoms with Crippen LogP contribution in [0.15, 0.2) is 53.7 Å². The number of hydrogen-bond acceptors (Lipinski definition) is 4. The zero-order chi connectivity index (χ0) is 20.6. The molecule has 0 radical (unpaired) electrons. The maximum absolute atomic E-state index is 13.2. The number of rotatable bonds is 3. The topological polar surface area (TPSA) is 51.0 Å². The minimum Gasteiger partial charge on any atom is -0.302 e. The molecule has 0 fully saturated rings. The second-order valence-corrected chi connectivity index (χ2v) is 7.58. The molecular weight excluding hydrogens is 401 g/mol. The highest BCUT2D eigenvalue weighted by Gasteiger charge is 2.37. The summed E-state index contributed by atoms with van der Waals surface area (Å²) in [5.41, 5.74) is 3.72. The van der Waals surface area contributed by atoms with Gasteiger partial charge in [-0.25, -0.2) is 0 Å². The van der Waals surface area contributed by atoms with Crippen molar-refractivity contribution in [3.8, 4) is 0 Å². The molecule has 150 valence electrons. The van der Waals surface area contributed by atoms with Gasteiger partial charge in [0.1, 0.15) is 0 Å². The number of anilines is 2. The Morgan fingerprint density at radius 1 is 1.00 bits per heavy atom. The predicted molar refractivity (Wildman–Crippen MR) is 104 cm³/mol. The maximum Gasteiger partial charge on any atom is 0.451 e. The van der Waals surface area contributed by atoms with Gasteiger partial charge in [0.15, 0.2) is 5.16 Å². The van der Waals surface area contributed by atoms with Crippen LogP contribution in [-0.2, 0) is 30.9 Å². The Balaban J connectivity index is 1.63. The van der Waals surface area contributed by atoms with Gasteiger partial charge >= 0.3 is 6.18 Å². The lowest BCUT2D eigenvalue weighted by Gasteiger charge is -2.24. The third kappa shape index (κ3) is 3.74. The molecule has 2 heterocycles. The number of halogens is 3. The molecule has 9 heteroatoms. The van der Waals surface area contributed by atoms with E-state index in [9.17, 15) is 18.0 Å². The van der Waals surface area contributed by atoms with Gasteiger partial charge in [-0.2, -0.15) is 13.2 Å². The van der Waals surface area contributed by atoms with E-state index in [4.69, 9.17) is 0 Å². The van der Waals surface area contributed by atoms with Crippen LogP contribution in [0.2, 0.25) is 0 Å². The van der Waals surface area contributed by atoms with Crippen molar-refractivity contribution in [2.45, 2.75) is 24.2 Å². The number of hydrogen-bond donors (Lipinski definition) is 0. The fourth-order valence-corrected chi connectivity index (χ4v) is 4.19. The number of nitrogens with zero attached hydrogens (tertiary/aromatic N) is 4. The van der Waals surface area contributed by atoms with Crippen molar-refractivity contribution in [2.24, 2.45) is 7.05 Å². The first-order valence-electron chi connectivity index (χ1n) is 8.94. The average Bonchev–Trinajstić information content (AvgIpc) is 2.98. The molecule has 2 aromatic carbocycles. The van der Waals surface area contributed by atoms with Gasteiger partial charge in [-0.05, 0) is 36.1 Å². The third-order valence-corrected chi connectivity index (χ3v) is 5.80. The highest BCUT2D eigenvalue weighted by molar-refractivity contribution is 7.99. The van der Waals surface area contributed by atoms with E-state index >= 15 is 0 Å². The van der Waals surface area contributed by atoms with E-state index in [0.717, 1.165) is 51.7 Å². The molecule has 1 aliphatic rings. The van der Waals surface area contributed by atoms with Crippen LogP contribution in [0.5, 0.6) is 0 Å². The number of aromatic nitrogens is 3. The van der Waals surface area contributed by atoms with Gasteiger partial charge in [0.25, 0.3) is 0 Å². The smallest absolute Gasteiger partial charge is 0.302 e. The molecule has 0 saturated carbocycles. The van der Waals surface area contributed by atoms with Crippen molar-refractivity contribution in [1.82, 2.24) is 14.8 Å². The SMILES string of the molecule is Cn1c(SCC(=O)N2c3ccccc3CCc3ccccc32)nnc1C(F)(F)F. The first-order chi connectivity index (χ1) is 13.9. The summed E-state index contributed by atoms with van der Waals surface area (Å²) in [6.45, 7) is 0. The van der Waals surface area contributed by atoms with Gasteiger partial charge in [0, 0.05) is 7.05 Å². The summed E-state index contributed by atoms with van der Waals surface area (Å²) in [4.78, 5) is 14.8. The van der Waals surface area contributed by atoms with Crippen molar-refractivity contribution in [1.29, 1.82) is 0 Å². The summed E-state index contributed by atoms with van der Waals surface area (Å²) < 4.78 is 39.6. The monoisotopic (exact) mass is 418 g/mol. The number of fused-ring (bicyclic) bond motifs is 2. The van der Waals surface area contributed by atoms with Crippen LogP contribution in [0.25, 0.3) is 0 Å². The van der Waals surface area contributed by atoms with Crippen molar-refractivity contribution < 1.29 is 18.0 Å². The number of thioether (sulfide) groups is 1. The molecule has 0 aliphatic carbocycles. The molecule has 4 rings (SSSR count). The van der Waals surface area contributed by atoms with Crippen LogP contribution in [-0.4, -0.2) is 26.4 Å². The Morgan fingerprint density at radius 3 is 2.07 bits per heavy atom. The Kier molecular flexibility index (Phi) is 5.08. The molecular formula is C20H17F3N4OS. The lowest BCUT2D eigenvalue weighted by Crippen LogP contribution is -2.28. The molecule has 1 aliphatic heterocycles. The van der Waals surface area contributed by atoms with E-state index in [0.29, 0.717) is 0 Å². The van der Waals surface area contributed by atoms with E-state index in [1.807, 2.05) is 48.5 Å². The van der Waals surface area contributed by atoms with Crippen LogP contribution < -0.4 is 4.90 Å². The maximum atomic E-state index is 13.2. The first kappa shape index (κ1) is 19.5. The molecule has 0 saturated heterocycles. The van der Waals surface area contributed by atoms with E-state index in [1.165, 1.54) is 7.05 Å². The molecule has 5 nitrogen and oxygen atoms in total. The minimum absolute atomic E-state index is 0.0436. The van der Waals surface area contributed by atoms with Crippen LogP contribution in [0.4, 0.5) is 24.5 Å². The minimum atomic E-state index is -4.59. The summed E-state index contributed by atoms with van der Waals surface area (Å²) in [5, 5.41) is 6.84. The van der Waals surface area contributed by atoms with Crippen molar-refractivity contribution >= 4 is 29.0 Å². The summed E-state index contributed by atoms with van der Waals surface area (Å²) >= 11 is 0.940. The second-order valence-electron chi connectivity index (χ2n) is 6.64. The van der Waals surface area contributed by atoms with E-state index in [-0.39, 0.29) is 16.8 Å². The summed E-state index contributed by atoms with van der Waals surface area (Å²) in [7, 11) is 1.24. The number of para-hydroxylation sites is 2. The Labute approximate surface area is 169 Å². The van der Waals surface area contributed by atoms with Crippen LogP contribution in [0.3, 0.4) is 0 Å². The summed E-state index contributed by atoms with van der Waals surface area (Å²) in [5.74, 6) is -1.38. The molecule has 29 heavy (non-hydrogen) atoms. The average molecular weight is 418 g/mol. The highest BCUT2D eigenvalue weighted by Crippen LogP contribution is 2.37. The molecule has 0 N–H and O–H groups in total. The Hall–Kier alpha value is -2.81. The van der Waals surface area contributed by atoms with Gasteiger partial charge in [0.05, 0.1) is 17.1 Å². The van der Waals surface area contributed by atoms with E-state index in [2.05, 4.69) is 10.2 Å². The quantitative estimate of drug-likeness (QED) is 0.592. The first-order valence-corrected chi connectivity index (χ1v) is 9.93. The molecule has 0 bridgehead atoms. The van der Waals surface area contributed by atoms with E-state index in [1.54, 1.807) is 4.90 Å². The van der Waals surface area contributed by atoms with Gasteiger partial charge < -0.3 is 4.57 Å². The number of carbonyl (C=O) groups excluding carboxylic acids is 1. The van der Waals surface area contributed by atoms with Gasteiger partial charge in [-0.1, -0.05) is 48.2 Å². The van der Waals surface area contributed by atoms with Gasteiger partial charge in [-0.15, -0.1) is 10.2 Å². The standard InChI is InChI=1S/C20H17F3N4OS/c1-26-18(20(21,22)23)24-25-19(26)29-12-17(28)27-15-8-4-2-6-13(15)10-11-14-7-3-5-9-16(14)27/h2-9H,10-12H2,1H3. The summed E-state index contributed by atoms with van der Waals surface area (Å²) in [6, 6.07) is 15.4. The van der Waals surface area contributed by atoms with Gasteiger partial charge in [-0.3, -0.25) is 9.69 Å². The second kappa shape index (κ2) is 7.55. The number of benzene rings is 2. The lowest BCUT2D eigenvalue weighted by molar-refractivity contribution is -0.147. The van der Waals surface area contributed by atoms with Crippen LogP contribution in [0, 0.1) is 0 Å². The largest absolute Gasteiger partial charge is 0.451 e. The molecule has 0 spiro atoms. The molecule has 0 unspecified atom stereocenters. The molecule has 1 aromatic heterocycles. The predicted octanol–water partition coefficient (Wildman–Crippen LogP) is 4.39. The molecule has 0 atom stereocenters. The fourth-order valence-electron chi connectivity index (χ4n) is 3.43. The highest BCUT2D eigenvalue weighted by atomic mass is 32.2. The number of amides is 1. The van der Waals surface area contributed by atoms with Crippen molar-refractivity contribution in [2.75, 3.05) is 10.7 Å². The fraction of sp³-hybridized carbons (Fsp3) is 0.250. The zero-order valence-corrected chi connectivity index (χ0v) is 16.3. The number of alkyl halides is 3. The Bertz CT molecular complexity index is 1020. The Morgan fingerprint density at radius 2 is 1.55 bits per heavy atom. The normalized spacial score (nSPS) is 13.6. The van der Waals surface area contributed by atoms with E-state index < -0.39 is 12.0 Å². The lowest BCUT2D eigenvalue weighted by atomic mass is 10.0. The molecule has 1 amide bonds. The van der Waals surface area contributed by atoms with Crippen molar-refractivity contribution in [3.63, 3.8) is 0 Å². The zero-order valence-electron chi connectivity index (χ0n) is 15.5. The van der Waals surface area contributed by atoms with Crippen LogP contribution in [0.1, 0.15) is 17.0 Å². The van der Waals surface area contributed by atoms with Crippen molar-refractivity contribution in [3.05, 3.63) is 65.5 Å². The van der Waals surface area contributed by atoms with Crippen LogP contribution >= 0.6 is 11.8 Å². The third-order valence-electron chi connectivity index (χ3n) is 4.79. The van der Waals surface area contributed by atoms with Gasteiger partial charge in [0.2, 0.25) is 11.7 Å². The molecule has 3 aromatic rings. The summed E-state index contributed by atoms with van der Waals surface area (Å²) in [6.07, 6.45) is -2.97. The number of aryl methyl sites for hydroxylation is 2. The number of carbonyl (C=O) groups is 1.